The number of aromatic amines is 1. The summed E-state index contributed by atoms with van der Waals surface area (Å²) in [5.74, 6) is 0.169. The number of imidazole rings is 1. The maximum atomic E-state index is 12.8. The number of aromatic nitrogens is 2. The molecule has 0 radical (unpaired) electrons. The largest absolute Gasteiger partial charge is 0.364 e. The monoisotopic (exact) mass is 461 g/mol. The van der Waals surface area contributed by atoms with Gasteiger partial charge in [-0.2, -0.15) is 0 Å². The number of amides is 1. The van der Waals surface area contributed by atoms with Gasteiger partial charge in [0.1, 0.15) is 5.82 Å². The number of aliphatic hydroxyl groups is 4. The minimum Gasteiger partial charge on any atom is -0.364 e. The van der Waals surface area contributed by atoms with Gasteiger partial charge in [-0.25, -0.2) is 4.98 Å². The molecule has 10 heteroatoms. The average Bonchev–Trinajstić information content (AvgIpc) is 3.47. The van der Waals surface area contributed by atoms with E-state index in [0.29, 0.717) is 55.9 Å². The first-order chi connectivity index (χ1) is 16.4. The van der Waals surface area contributed by atoms with E-state index in [1.165, 1.54) is 6.07 Å². The third-order valence-corrected chi connectivity index (χ3v) is 6.03. The number of hydrogen-bond donors (Lipinski definition) is 6. The van der Waals surface area contributed by atoms with Crippen LogP contribution in [0.1, 0.15) is 57.8 Å². The molecule has 0 fully saturated rings. The van der Waals surface area contributed by atoms with E-state index in [9.17, 15) is 25.2 Å². The highest BCUT2D eigenvalue weighted by atomic mass is 16.7. The summed E-state index contributed by atoms with van der Waals surface area (Å²) in [6.07, 6.45) is -4.86. The Kier molecular flexibility index (Phi) is 4.74. The molecule has 1 amide bonds. The van der Waals surface area contributed by atoms with Crippen LogP contribution in [-0.4, -0.2) is 36.3 Å². The van der Waals surface area contributed by atoms with Crippen LogP contribution in [0, 0.1) is 0 Å². The number of anilines is 1. The summed E-state index contributed by atoms with van der Waals surface area (Å²) in [5, 5.41) is 42.2. The Balaban J connectivity index is 1.26. The first kappa shape index (κ1) is 20.9. The number of ether oxygens (including phenoxy) is 2. The Morgan fingerprint density at radius 2 is 1.44 bits per heavy atom. The lowest BCUT2D eigenvalue weighted by Gasteiger charge is -2.08. The van der Waals surface area contributed by atoms with Gasteiger partial charge < -0.3 is 40.2 Å². The van der Waals surface area contributed by atoms with Gasteiger partial charge >= 0.3 is 0 Å². The summed E-state index contributed by atoms with van der Waals surface area (Å²) in [6.45, 7) is 0. The second-order valence-electron chi connectivity index (χ2n) is 8.14. The van der Waals surface area contributed by atoms with E-state index < -0.39 is 25.2 Å². The van der Waals surface area contributed by atoms with E-state index in [0.717, 1.165) is 0 Å². The third kappa shape index (κ3) is 3.37. The van der Waals surface area contributed by atoms with Gasteiger partial charge in [-0.05, 0) is 36.4 Å². The summed E-state index contributed by atoms with van der Waals surface area (Å²) in [5.41, 5.74) is 4.68. The Morgan fingerprint density at radius 1 is 0.794 bits per heavy atom. The lowest BCUT2D eigenvalue weighted by molar-refractivity contribution is -0.194. The number of aliphatic hydroxyl groups excluding tert-OH is 4. The van der Waals surface area contributed by atoms with Crippen molar-refractivity contribution in [1.82, 2.24) is 9.97 Å². The maximum Gasteiger partial charge on any atom is 0.255 e. The number of fused-ring (bicyclic) bond motifs is 3. The van der Waals surface area contributed by atoms with Crippen molar-refractivity contribution in [3.05, 3.63) is 82.4 Å². The van der Waals surface area contributed by atoms with Crippen LogP contribution in [0.25, 0.3) is 22.4 Å². The van der Waals surface area contributed by atoms with E-state index in [1.807, 2.05) is 0 Å². The van der Waals surface area contributed by atoms with Gasteiger partial charge in [0.2, 0.25) is 0 Å². The van der Waals surface area contributed by atoms with Gasteiger partial charge in [0.15, 0.2) is 25.2 Å². The zero-order chi connectivity index (χ0) is 23.6. The standard InChI is InChI=1S/C24H19N3O7/c28-20(11-2-5-14-16(8-11)24(32)34-22(14)30)25-12-3-6-17-18(9-12)27-19(26-17)10-1-4-13-15(7-10)23(31)33-21(13)29/h1-9,21-24,29-32H,(H,25,28)(H,26,27). The molecule has 2 aliphatic heterocycles. The van der Waals surface area contributed by atoms with E-state index in [-0.39, 0.29) is 5.91 Å². The molecule has 6 rings (SSSR count). The Bertz CT molecular complexity index is 1450. The van der Waals surface area contributed by atoms with Crippen LogP contribution in [0.2, 0.25) is 0 Å². The number of carbonyl (C=O) groups is 1. The van der Waals surface area contributed by atoms with Crippen molar-refractivity contribution in [1.29, 1.82) is 0 Å². The van der Waals surface area contributed by atoms with Gasteiger partial charge in [0.25, 0.3) is 5.91 Å². The van der Waals surface area contributed by atoms with Crippen LogP contribution < -0.4 is 5.32 Å². The molecule has 2 aliphatic rings. The molecular weight excluding hydrogens is 442 g/mol. The lowest BCUT2D eigenvalue weighted by Crippen LogP contribution is -2.12. The first-order valence-electron chi connectivity index (χ1n) is 10.5. The second kappa shape index (κ2) is 7.71. The zero-order valence-electron chi connectivity index (χ0n) is 17.5. The number of benzene rings is 3. The van der Waals surface area contributed by atoms with Crippen molar-refractivity contribution in [2.24, 2.45) is 0 Å². The second-order valence-corrected chi connectivity index (χ2v) is 8.14. The molecule has 4 aromatic rings. The topological polar surface area (TPSA) is 157 Å². The van der Waals surface area contributed by atoms with Crippen molar-refractivity contribution in [2.75, 3.05) is 5.32 Å². The summed E-state index contributed by atoms with van der Waals surface area (Å²) < 4.78 is 9.96. The van der Waals surface area contributed by atoms with Gasteiger partial charge in [-0.1, -0.05) is 18.2 Å². The molecule has 0 saturated carbocycles. The fraction of sp³-hybridized carbons (Fsp3) is 0.167. The van der Waals surface area contributed by atoms with E-state index in [2.05, 4.69) is 15.3 Å². The summed E-state index contributed by atoms with van der Waals surface area (Å²) >= 11 is 0. The van der Waals surface area contributed by atoms with Crippen molar-refractivity contribution >= 4 is 22.6 Å². The molecule has 4 unspecified atom stereocenters. The Hall–Kier alpha value is -3.64. The summed E-state index contributed by atoms with van der Waals surface area (Å²) in [6, 6.07) is 15.0. The fourth-order valence-corrected chi connectivity index (χ4v) is 4.28. The highest BCUT2D eigenvalue weighted by molar-refractivity contribution is 6.05. The minimum absolute atomic E-state index is 0.307. The molecule has 6 N–H and O–H groups in total. The number of nitrogens with zero attached hydrogens (tertiary/aromatic N) is 1. The number of H-pyrrole nitrogens is 1. The smallest absolute Gasteiger partial charge is 0.255 e. The predicted molar refractivity (Wildman–Crippen MR) is 118 cm³/mol. The molecule has 3 aromatic carbocycles. The SMILES string of the molecule is O=C(Nc1ccc2nc(-c3ccc4c(c3)C(O)OC4O)[nH]c2c1)c1ccc2c(c1)C(O)OC2O. The highest BCUT2D eigenvalue weighted by Crippen LogP contribution is 2.38. The summed E-state index contributed by atoms with van der Waals surface area (Å²) in [4.78, 5) is 20.5. The van der Waals surface area contributed by atoms with Gasteiger partial charge in [-0.3, -0.25) is 4.79 Å². The molecule has 0 aliphatic carbocycles. The van der Waals surface area contributed by atoms with Crippen LogP contribution >= 0.6 is 0 Å². The molecule has 3 heterocycles. The van der Waals surface area contributed by atoms with E-state index in [1.54, 1.807) is 48.5 Å². The quantitative estimate of drug-likeness (QED) is 0.272. The molecule has 4 atom stereocenters. The molecular formula is C24H19N3O7. The molecule has 0 bridgehead atoms. The molecule has 1 aromatic heterocycles. The van der Waals surface area contributed by atoms with E-state index in [4.69, 9.17) is 9.47 Å². The molecule has 0 saturated heterocycles. The molecule has 172 valence electrons. The number of hydrogen-bond acceptors (Lipinski definition) is 8. The van der Waals surface area contributed by atoms with Crippen molar-refractivity contribution in [2.45, 2.75) is 25.2 Å². The van der Waals surface area contributed by atoms with Gasteiger partial charge in [-0.15, -0.1) is 0 Å². The highest BCUT2D eigenvalue weighted by Gasteiger charge is 2.30. The fourth-order valence-electron chi connectivity index (χ4n) is 4.28. The van der Waals surface area contributed by atoms with Crippen molar-refractivity contribution < 1.29 is 34.7 Å². The molecule has 0 spiro atoms. The summed E-state index contributed by atoms with van der Waals surface area (Å²) in [7, 11) is 0. The maximum absolute atomic E-state index is 12.8. The van der Waals surface area contributed by atoms with Crippen LogP contribution in [0.4, 0.5) is 5.69 Å². The number of carbonyl (C=O) groups excluding carboxylic acids is 1. The van der Waals surface area contributed by atoms with Gasteiger partial charge in [0.05, 0.1) is 11.0 Å². The van der Waals surface area contributed by atoms with Crippen LogP contribution in [0.3, 0.4) is 0 Å². The van der Waals surface area contributed by atoms with Crippen LogP contribution in [-0.2, 0) is 9.47 Å². The number of rotatable bonds is 3. The Labute approximate surface area is 192 Å². The predicted octanol–water partition coefficient (Wildman–Crippen LogP) is 2.51. The first-order valence-corrected chi connectivity index (χ1v) is 10.5. The van der Waals surface area contributed by atoms with Crippen molar-refractivity contribution in [3.8, 4) is 11.4 Å². The average molecular weight is 461 g/mol. The van der Waals surface area contributed by atoms with Gasteiger partial charge in [0, 0.05) is 39.1 Å². The zero-order valence-corrected chi connectivity index (χ0v) is 17.5. The molecule has 10 nitrogen and oxygen atoms in total. The third-order valence-electron chi connectivity index (χ3n) is 6.03. The number of nitrogens with one attached hydrogen (secondary N) is 2. The van der Waals surface area contributed by atoms with Crippen LogP contribution in [0.5, 0.6) is 0 Å². The minimum atomic E-state index is -1.28. The Morgan fingerprint density at radius 3 is 2.18 bits per heavy atom. The molecule has 34 heavy (non-hydrogen) atoms. The lowest BCUT2D eigenvalue weighted by atomic mass is 10.0. The van der Waals surface area contributed by atoms with Crippen molar-refractivity contribution in [3.63, 3.8) is 0 Å². The van der Waals surface area contributed by atoms with Crippen LogP contribution in [0.15, 0.2) is 54.6 Å². The van der Waals surface area contributed by atoms with E-state index >= 15 is 0 Å². The normalized spacial score (nSPS) is 23.2.